The average Bonchev–Trinajstić information content (AvgIpc) is 2.73. The van der Waals surface area contributed by atoms with Gasteiger partial charge in [-0.25, -0.2) is 0 Å². The van der Waals surface area contributed by atoms with Crippen LogP contribution in [0.5, 0.6) is 0 Å². The smallest absolute Gasteiger partial charge is 0.0152 e. The molecule has 0 aliphatic carbocycles. The van der Waals surface area contributed by atoms with Crippen molar-refractivity contribution in [2.45, 2.75) is 109 Å². The Hall–Kier alpha value is -1.30. The van der Waals surface area contributed by atoms with Gasteiger partial charge in [-0.2, -0.15) is 0 Å². The van der Waals surface area contributed by atoms with Gasteiger partial charge in [-0.3, -0.25) is 0 Å². The van der Waals surface area contributed by atoms with Crippen molar-refractivity contribution in [3.8, 4) is 0 Å². The molecule has 0 saturated heterocycles. The molecule has 2 rings (SSSR count). The molecule has 0 aliphatic heterocycles. The second-order valence-corrected chi connectivity index (χ2v) is 8.55. The lowest BCUT2D eigenvalue weighted by atomic mass is 9.99. The van der Waals surface area contributed by atoms with Gasteiger partial charge in [0, 0.05) is 0 Å². The minimum absolute atomic E-state index is 1.12. The zero-order valence-electron chi connectivity index (χ0n) is 18.3. The van der Waals surface area contributed by atoms with Gasteiger partial charge in [0.2, 0.25) is 0 Å². The topological polar surface area (TPSA) is 0 Å². The first-order valence-electron chi connectivity index (χ1n) is 12.2. The summed E-state index contributed by atoms with van der Waals surface area (Å²) < 4.78 is 0. The summed E-state index contributed by atoms with van der Waals surface area (Å²) in [7, 11) is 0. The van der Waals surface area contributed by atoms with Crippen molar-refractivity contribution in [3.05, 3.63) is 55.0 Å². The van der Waals surface area contributed by atoms with Crippen LogP contribution in [0.3, 0.4) is 0 Å². The highest BCUT2D eigenvalue weighted by atomic mass is 14.1. The van der Waals surface area contributed by atoms with Crippen molar-refractivity contribution >= 4 is 10.8 Å². The van der Waals surface area contributed by atoms with Crippen molar-refractivity contribution in [1.29, 1.82) is 0 Å². The van der Waals surface area contributed by atoms with Gasteiger partial charge in [0.15, 0.2) is 0 Å². The van der Waals surface area contributed by atoms with Crippen LogP contribution in [-0.4, -0.2) is 0 Å². The Bertz CT molecular complexity index is 607. The standard InChI is InChI=1S/C28H43/c1-2-3-4-5-6-7-8-9-10-11-12-13-14-15-16-17-21-26-23-20-24-27-22-18-19-25-28(26)27/h18-20,22-25H,1-17,21H2. The Labute approximate surface area is 175 Å². The van der Waals surface area contributed by atoms with Crippen LogP contribution in [0.4, 0.5) is 0 Å². The zero-order chi connectivity index (χ0) is 19.7. The van der Waals surface area contributed by atoms with E-state index in [1.807, 2.05) is 0 Å². The molecule has 0 heterocycles. The second-order valence-electron chi connectivity index (χ2n) is 8.55. The number of fused-ring (bicyclic) bond motifs is 1. The SMILES string of the molecule is [CH2]CCCCCCCCCCCCCCCCCc1cccc2ccccc12. The van der Waals surface area contributed by atoms with Gasteiger partial charge in [-0.05, 0) is 29.2 Å². The van der Waals surface area contributed by atoms with E-state index in [2.05, 4.69) is 49.4 Å². The van der Waals surface area contributed by atoms with Crippen LogP contribution in [0.2, 0.25) is 0 Å². The lowest BCUT2D eigenvalue weighted by Gasteiger charge is -2.07. The molecule has 0 heteroatoms. The lowest BCUT2D eigenvalue weighted by molar-refractivity contribution is 0.531. The maximum atomic E-state index is 3.91. The average molecular weight is 380 g/mol. The van der Waals surface area contributed by atoms with Crippen molar-refractivity contribution < 1.29 is 0 Å². The number of aryl methyl sites for hydroxylation is 1. The summed E-state index contributed by atoms with van der Waals surface area (Å²) in [6.45, 7) is 3.91. The lowest BCUT2D eigenvalue weighted by Crippen LogP contribution is -1.88. The molecule has 0 aromatic heterocycles. The van der Waals surface area contributed by atoms with Crippen LogP contribution in [0, 0.1) is 6.92 Å². The number of hydrogen-bond donors (Lipinski definition) is 0. The maximum absolute atomic E-state index is 3.91. The van der Waals surface area contributed by atoms with Gasteiger partial charge in [-0.15, -0.1) is 0 Å². The van der Waals surface area contributed by atoms with Crippen LogP contribution in [-0.2, 0) is 6.42 Å². The van der Waals surface area contributed by atoms with Crippen LogP contribution >= 0.6 is 0 Å². The third-order valence-corrected chi connectivity index (χ3v) is 6.08. The molecular formula is C28H43. The fourth-order valence-electron chi connectivity index (χ4n) is 4.30. The fourth-order valence-corrected chi connectivity index (χ4v) is 4.30. The summed E-state index contributed by atoms with van der Waals surface area (Å²) in [4.78, 5) is 0. The van der Waals surface area contributed by atoms with Gasteiger partial charge in [0.1, 0.15) is 0 Å². The molecule has 0 spiro atoms. The Kier molecular flexibility index (Phi) is 12.8. The Morgan fingerprint density at radius 1 is 0.464 bits per heavy atom. The normalized spacial score (nSPS) is 11.3. The second kappa shape index (κ2) is 15.6. The molecule has 155 valence electrons. The van der Waals surface area contributed by atoms with Crippen molar-refractivity contribution in [3.63, 3.8) is 0 Å². The molecule has 0 fully saturated rings. The van der Waals surface area contributed by atoms with Crippen LogP contribution in [0.15, 0.2) is 42.5 Å². The highest BCUT2D eigenvalue weighted by molar-refractivity contribution is 5.85. The summed E-state index contributed by atoms with van der Waals surface area (Å²) >= 11 is 0. The summed E-state index contributed by atoms with van der Waals surface area (Å²) in [5.41, 5.74) is 1.53. The van der Waals surface area contributed by atoms with E-state index in [1.54, 1.807) is 0 Å². The van der Waals surface area contributed by atoms with Gasteiger partial charge in [0.05, 0.1) is 0 Å². The first-order valence-corrected chi connectivity index (χ1v) is 12.2. The van der Waals surface area contributed by atoms with Crippen molar-refractivity contribution in [1.82, 2.24) is 0 Å². The van der Waals surface area contributed by atoms with E-state index in [1.165, 1.54) is 119 Å². The minimum atomic E-state index is 1.12. The fraction of sp³-hybridized carbons (Fsp3) is 0.607. The summed E-state index contributed by atoms with van der Waals surface area (Å²) in [6.07, 6.45) is 23.7. The highest BCUT2D eigenvalue weighted by Gasteiger charge is 2.00. The molecule has 2 aromatic rings. The molecule has 0 N–H and O–H groups in total. The van der Waals surface area contributed by atoms with E-state index < -0.39 is 0 Å². The first kappa shape index (κ1) is 23.0. The number of benzene rings is 2. The van der Waals surface area contributed by atoms with E-state index in [-0.39, 0.29) is 0 Å². The van der Waals surface area contributed by atoms with Crippen molar-refractivity contribution in [2.75, 3.05) is 0 Å². The molecule has 28 heavy (non-hydrogen) atoms. The van der Waals surface area contributed by atoms with E-state index in [0.29, 0.717) is 0 Å². The molecule has 2 aromatic carbocycles. The maximum Gasteiger partial charge on any atom is -0.0152 e. The molecule has 0 aliphatic rings. The van der Waals surface area contributed by atoms with Crippen LogP contribution < -0.4 is 0 Å². The van der Waals surface area contributed by atoms with Crippen LogP contribution in [0.25, 0.3) is 10.8 Å². The molecule has 1 radical (unpaired) electrons. The Morgan fingerprint density at radius 2 is 0.929 bits per heavy atom. The highest BCUT2D eigenvalue weighted by Crippen LogP contribution is 2.21. The van der Waals surface area contributed by atoms with Crippen molar-refractivity contribution in [2.24, 2.45) is 0 Å². The molecule has 0 nitrogen and oxygen atoms in total. The summed E-state index contributed by atoms with van der Waals surface area (Å²) in [5.74, 6) is 0. The first-order chi connectivity index (χ1) is 13.9. The van der Waals surface area contributed by atoms with Crippen LogP contribution in [0.1, 0.15) is 108 Å². The number of rotatable bonds is 17. The van der Waals surface area contributed by atoms with Gasteiger partial charge >= 0.3 is 0 Å². The predicted molar refractivity (Wildman–Crippen MR) is 127 cm³/mol. The molecule has 0 saturated carbocycles. The number of hydrogen-bond acceptors (Lipinski definition) is 0. The third-order valence-electron chi connectivity index (χ3n) is 6.08. The quantitative estimate of drug-likeness (QED) is 0.240. The third kappa shape index (κ3) is 9.76. The Morgan fingerprint density at radius 3 is 1.50 bits per heavy atom. The largest absolute Gasteiger partial charge is 0.0616 e. The Balaban J connectivity index is 1.37. The number of unbranched alkanes of at least 4 members (excludes halogenated alkanes) is 15. The van der Waals surface area contributed by atoms with Gasteiger partial charge in [-0.1, -0.05) is 146 Å². The molecule has 0 unspecified atom stereocenters. The van der Waals surface area contributed by atoms with Gasteiger partial charge < -0.3 is 0 Å². The minimum Gasteiger partial charge on any atom is -0.0616 e. The monoisotopic (exact) mass is 379 g/mol. The molecular weight excluding hydrogens is 336 g/mol. The molecule has 0 amide bonds. The van der Waals surface area contributed by atoms with Gasteiger partial charge in [0.25, 0.3) is 0 Å². The molecule has 0 atom stereocenters. The zero-order valence-corrected chi connectivity index (χ0v) is 18.3. The summed E-state index contributed by atoms with van der Waals surface area (Å²) in [5, 5.41) is 2.83. The summed E-state index contributed by atoms with van der Waals surface area (Å²) in [6, 6.07) is 15.5. The molecule has 0 bridgehead atoms. The van der Waals surface area contributed by atoms with E-state index in [0.717, 1.165) is 6.42 Å². The van der Waals surface area contributed by atoms with E-state index in [9.17, 15) is 0 Å². The predicted octanol–water partition coefficient (Wildman–Crippen LogP) is 9.46. The van der Waals surface area contributed by atoms with E-state index >= 15 is 0 Å². The van der Waals surface area contributed by atoms with E-state index in [4.69, 9.17) is 0 Å².